The van der Waals surface area contributed by atoms with E-state index in [0.29, 0.717) is 23.8 Å². The average molecular weight is 300 g/mol. The lowest BCUT2D eigenvalue weighted by molar-refractivity contribution is -0.140. The Morgan fingerprint density at radius 1 is 1.32 bits per heavy atom. The molecule has 0 amide bonds. The number of carbonyl (C=O) groups excluding carboxylic acids is 1. The second kappa shape index (κ2) is 7.46. The molecular formula is C16H20N4O2. The van der Waals surface area contributed by atoms with Gasteiger partial charge in [-0.1, -0.05) is 0 Å². The monoisotopic (exact) mass is 300 g/mol. The van der Waals surface area contributed by atoms with Crippen LogP contribution >= 0.6 is 0 Å². The maximum atomic E-state index is 12.1. The summed E-state index contributed by atoms with van der Waals surface area (Å²) >= 11 is 0. The quantitative estimate of drug-likeness (QED) is 0.339. The molecule has 22 heavy (non-hydrogen) atoms. The largest absolute Gasteiger partial charge is 0.426 e. The van der Waals surface area contributed by atoms with Crippen LogP contribution in [0, 0.1) is 28.6 Å². The first-order valence-electron chi connectivity index (χ1n) is 7.38. The number of hydrogen-bond acceptors (Lipinski definition) is 4. The molecule has 1 saturated carbocycles. The van der Waals surface area contributed by atoms with Crippen LogP contribution in [0.1, 0.15) is 31.2 Å². The molecule has 1 aliphatic carbocycles. The van der Waals surface area contributed by atoms with E-state index in [0.717, 1.165) is 25.7 Å². The zero-order valence-electron chi connectivity index (χ0n) is 12.3. The van der Waals surface area contributed by atoms with Crippen molar-refractivity contribution in [3.63, 3.8) is 0 Å². The Labute approximate surface area is 129 Å². The number of nitriles is 1. The van der Waals surface area contributed by atoms with Crippen molar-refractivity contribution >= 4 is 11.9 Å². The fourth-order valence-electron chi connectivity index (χ4n) is 2.65. The molecule has 0 aliphatic heterocycles. The Morgan fingerprint density at radius 2 is 1.95 bits per heavy atom. The van der Waals surface area contributed by atoms with Crippen LogP contribution in [-0.4, -0.2) is 18.5 Å². The van der Waals surface area contributed by atoms with Gasteiger partial charge in [-0.05, 0) is 55.9 Å². The van der Waals surface area contributed by atoms with E-state index in [9.17, 15) is 4.79 Å². The highest BCUT2D eigenvalue weighted by atomic mass is 16.5. The summed E-state index contributed by atoms with van der Waals surface area (Å²) in [4.78, 5) is 12.1. The van der Waals surface area contributed by atoms with Gasteiger partial charge in [0.15, 0.2) is 5.96 Å². The predicted molar refractivity (Wildman–Crippen MR) is 82.2 cm³/mol. The number of rotatable bonds is 4. The van der Waals surface area contributed by atoms with Gasteiger partial charge in [0, 0.05) is 6.54 Å². The van der Waals surface area contributed by atoms with Crippen LogP contribution in [-0.2, 0) is 4.79 Å². The minimum Gasteiger partial charge on any atom is -0.426 e. The minimum atomic E-state index is -0.206. The number of nitrogens with two attached hydrogens (primary N) is 1. The van der Waals surface area contributed by atoms with E-state index in [4.69, 9.17) is 21.1 Å². The standard InChI is InChI=1S/C16H20N4O2/c17-9-11-3-7-14(8-4-11)22-15(21)13-5-1-12(2-6-13)10-20-16(18)19/h3-4,7-8,12-13H,1-2,5-6,10H2,(H4,18,19,20)/t12-,13-. The first-order valence-corrected chi connectivity index (χ1v) is 7.38. The van der Waals surface area contributed by atoms with Crippen molar-refractivity contribution in [2.24, 2.45) is 17.6 Å². The van der Waals surface area contributed by atoms with Crippen LogP contribution in [0.4, 0.5) is 0 Å². The van der Waals surface area contributed by atoms with E-state index in [1.54, 1.807) is 24.3 Å². The molecule has 4 N–H and O–H groups in total. The Hall–Kier alpha value is -2.55. The van der Waals surface area contributed by atoms with Crippen molar-refractivity contribution in [3.8, 4) is 11.8 Å². The van der Waals surface area contributed by atoms with Crippen molar-refractivity contribution in [1.82, 2.24) is 5.32 Å². The molecule has 0 spiro atoms. The second-order valence-corrected chi connectivity index (χ2v) is 5.57. The fraction of sp³-hybridized carbons (Fsp3) is 0.438. The van der Waals surface area contributed by atoms with Crippen LogP contribution in [0.25, 0.3) is 0 Å². The topological polar surface area (TPSA) is 112 Å². The third-order valence-electron chi connectivity index (χ3n) is 3.96. The Kier molecular flexibility index (Phi) is 5.37. The summed E-state index contributed by atoms with van der Waals surface area (Å²) in [6, 6.07) is 8.56. The van der Waals surface area contributed by atoms with Crippen LogP contribution in [0.3, 0.4) is 0 Å². The number of hydrogen-bond donors (Lipinski definition) is 3. The van der Waals surface area contributed by atoms with Gasteiger partial charge < -0.3 is 15.8 Å². The Bertz CT molecular complexity index is 569. The molecule has 1 aromatic carbocycles. The highest BCUT2D eigenvalue weighted by molar-refractivity contribution is 5.75. The molecule has 116 valence electrons. The third-order valence-corrected chi connectivity index (χ3v) is 3.96. The van der Waals surface area contributed by atoms with E-state index in [-0.39, 0.29) is 17.8 Å². The molecule has 1 aromatic rings. The molecule has 6 heteroatoms. The molecule has 6 nitrogen and oxygen atoms in total. The lowest BCUT2D eigenvalue weighted by atomic mass is 9.82. The number of carbonyl (C=O) groups is 1. The molecule has 0 bridgehead atoms. The molecule has 0 radical (unpaired) electrons. The number of ether oxygens (including phenoxy) is 1. The molecular weight excluding hydrogens is 280 g/mol. The van der Waals surface area contributed by atoms with Crippen molar-refractivity contribution in [1.29, 1.82) is 10.7 Å². The summed E-state index contributed by atoms with van der Waals surface area (Å²) in [6.45, 7) is 0.687. The minimum absolute atomic E-state index is 0.0117. The third kappa shape index (κ3) is 4.48. The van der Waals surface area contributed by atoms with Crippen LogP contribution < -0.4 is 15.8 Å². The lowest BCUT2D eigenvalue weighted by Crippen LogP contribution is -2.36. The van der Waals surface area contributed by atoms with Crippen molar-refractivity contribution < 1.29 is 9.53 Å². The van der Waals surface area contributed by atoms with Crippen LogP contribution in [0.5, 0.6) is 5.75 Å². The predicted octanol–water partition coefficient (Wildman–Crippen LogP) is 1.75. The molecule has 0 heterocycles. The fourth-order valence-corrected chi connectivity index (χ4v) is 2.65. The van der Waals surface area contributed by atoms with E-state index in [2.05, 4.69) is 5.32 Å². The first-order chi connectivity index (χ1) is 10.6. The number of benzene rings is 1. The van der Waals surface area contributed by atoms with E-state index in [1.165, 1.54) is 0 Å². The summed E-state index contributed by atoms with van der Waals surface area (Å²) < 4.78 is 5.37. The smallest absolute Gasteiger partial charge is 0.314 e. The number of nitrogens with one attached hydrogen (secondary N) is 2. The number of guanidine groups is 1. The summed E-state index contributed by atoms with van der Waals surface area (Å²) in [5.74, 6) is 0.626. The zero-order chi connectivity index (χ0) is 15.9. The van der Waals surface area contributed by atoms with Gasteiger partial charge in [0.05, 0.1) is 17.6 Å². The van der Waals surface area contributed by atoms with Gasteiger partial charge >= 0.3 is 5.97 Å². The highest BCUT2D eigenvalue weighted by Gasteiger charge is 2.27. The van der Waals surface area contributed by atoms with Crippen molar-refractivity contribution in [2.75, 3.05) is 6.54 Å². The average Bonchev–Trinajstić information content (AvgIpc) is 2.54. The summed E-state index contributed by atoms with van der Waals surface area (Å²) in [6.07, 6.45) is 3.43. The molecule has 0 unspecified atom stereocenters. The van der Waals surface area contributed by atoms with Gasteiger partial charge in [0.25, 0.3) is 0 Å². The van der Waals surface area contributed by atoms with E-state index < -0.39 is 0 Å². The first kappa shape index (κ1) is 15.8. The van der Waals surface area contributed by atoms with Gasteiger partial charge in [-0.15, -0.1) is 0 Å². The lowest BCUT2D eigenvalue weighted by Gasteiger charge is -2.27. The molecule has 1 aliphatic rings. The highest BCUT2D eigenvalue weighted by Crippen LogP contribution is 2.29. The summed E-state index contributed by atoms with van der Waals surface area (Å²) in [5.41, 5.74) is 5.81. The van der Waals surface area contributed by atoms with Gasteiger partial charge in [-0.3, -0.25) is 10.2 Å². The molecule has 1 fully saturated rings. The Balaban J connectivity index is 1.79. The van der Waals surface area contributed by atoms with Gasteiger partial charge in [-0.2, -0.15) is 5.26 Å². The maximum Gasteiger partial charge on any atom is 0.314 e. The molecule has 2 rings (SSSR count). The summed E-state index contributed by atoms with van der Waals surface area (Å²) in [5, 5.41) is 18.7. The number of esters is 1. The van der Waals surface area contributed by atoms with Gasteiger partial charge in [0.1, 0.15) is 5.75 Å². The normalized spacial score (nSPS) is 20.7. The van der Waals surface area contributed by atoms with E-state index in [1.807, 2.05) is 6.07 Å². The molecule has 0 aromatic heterocycles. The van der Waals surface area contributed by atoms with Crippen molar-refractivity contribution in [2.45, 2.75) is 25.7 Å². The second-order valence-electron chi connectivity index (χ2n) is 5.57. The SMILES string of the molecule is N#Cc1ccc(OC(=O)[C@H]2CC[C@H](CNC(=N)N)CC2)cc1. The summed E-state index contributed by atoms with van der Waals surface area (Å²) in [7, 11) is 0. The number of nitrogens with zero attached hydrogens (tertiary/aromatic N) is 1. The Morgan fingerprint density at radius 3 is 2.50 bits per heavy atom. The van der Waals surface area contributed by atoms with Crippen LogP contribution in [0.15, 0.2) is 24.3 Å². The van der Waals surface area contributed by atoms with Crippen LogP contribution in [0.2, 0.25) is 0 Å². The van der Waals surface area contributed by atoms with Gasteiger partial charge in [0.2, 0.25) is 0 Å². The van der Waals surface area contributed by atoms with Gasteiger partial charge in [-0.25, -0.2) is 0 Å². The molecule has 0 saturated heterocycles. The zero-order valence-corrected chi connectivity index (χ0v) is 12.3. The molecule has 0 atom stereocenters. The van der Waals surface area contributed by atoms with Crippen molar-refractivity contribution in [3.05, 3.63) is 29.8 Å². The van der Waals surface area contributed by atoms with E-state index >= 15 is 0 Å². The maximum absolute atomic E-state index is 12.1.